The van der Waals surface area contributed by atoms with Gasteiger partial charge in [0, 0.05) is 24.7 Å². The van der Waals surface area contributed by atoms with Crippen LogP contribution in [0.4, 0.5) is 11.8 Å². The summed E-state index contributed by atoms with van der Waals surface area (Å²) in [5.74, 6) is 0.823. The van der Waals surface area contributed by atoms with Gasteiger partial charge < -0.3 is 30.7 Å². The molecule has 3 rings (SSSR count). The molecular formula is C18H25N7O4. The molecule has 0 saturated carbocycles. The maximum atomic E-state index is 10.2. The van der Waals surface area contributed by atoms with Crippen molar-refractivity contribution in [3.8, 4) is 17.2 Å². The van der Waals surface area contributed by atoms with E-state index in [0.717, 1.165) is 0 Å². The number of aryl methyl sites for hydroxylation is 1. The highest BCUT2D eigenvalue weighted by atomic mass is 16.5. The molecule has 1 aromatic carbocycles. The summed E-state index contributed by atoms with van der Waals surface area (Å²) in [6.45, 7) is 4.58. The first-order valence-corrected chi connectivity index (χ1v) is 9.31. The number of aliphatic hydroxyl groups excluding tert-OH is 1. The van der Waals surface area contributed by atoms with E-state index >= 15 is 0 Å². The number of phenolic OH excluding ortho intramolecular Hbond substituents is 2. The lowest BCUT2D eigenvalue weighted by molar-refractivity contribution is 0.271. The molecule has 3 aromatic rings. The number of benzene rings is 1. The van der Waals surface area contributed by atoms with E-state index in [2.05, 4.69) is 30.9 Å². The van der Waals surface area contributed by atoms with E-state index in [9.17, 15) is 15.3 Å². The van der Waals surface area contributed by atoms with Gasteiger partial charge in [0.15, 0.2) is 28.5 Å². The van der Waals surface area contributed by atoms with Crippen LogP contribution in [0.3, 0.4) is 0 Å². The third-order valence-electron chi connectivity index (χ3n) is 4.54. The number of hydrogen-bond acceptors (Lipinski definition) is 10. The summed E-state index contributed by atoms with van der Waals surface area (Å²) in [7, 11) is 1.41. The summed E-state index contributed by atoms with van der Waals surface area (Å²) >= 11 is 0. The number of phenols is 2. The number of methoxy groups -OCH3 is 1. The molecule has 2 aromatic heterocycles. The molecule has 0 aliphatic carbocycles. The van der Waals surface area contributed by atoms with Gasteiger partial charge >= 0.3 is 0 Å². The monoisotopic (exact) mass is 403 g/mol. The Labute approximate surface area is 167 Å². The zero-order valence-corrected chi connectivity index (χ0v) is 16.5. The predicted octanol–water partition coefficient (Wildman–Crippen LogP) is 1.46. The lowest BCUT2D eigenvalue weighted by atomic mass is 10.1. The maximum absolute atomic E-state index is 10.2. The quantitative estimate of drug-likeness (QED) is 0.332. The largest absolute Gasteiger partial charge is 0.507 e. The van der Waals surface area contributed by atoms with Crippen LogP contribution in [0.1, 0.15) is 25.8 Å². The van der Waals surface area contributed by atoms with Crippen LogP contribution in [0.5, 0.6) is 17.2 Å². The summed E-state index contributed by atoms with van der Waals surface area (Å²) in [4.78, 5) is 8.93. The number of hydrogen-bond donors (Lipinski definition) is 5. The van der Waals surface area contributed by atoms with E-state index in [-0.39, 0.29) is 36.4 Å². The molecule has 5 N–H and O–H groups in total. The molecule has 0 aliphatic heterocycles. The standard InChI is InChI=1S/C18H25N7O4/c1-4-11(9-26)20-18-21-16(15-17(22-18)25(5-2)24-23-15)19-8-10-6-13(28)14(29-3)7-12(10)27/h6-7,11,26-28H,4-5,8-9H2,1-3H3,(H2,19,20,21,22). The van der Waals surface area contributed by atoms with Gasteiger partial charge in [0.1, 0.15) is 5.75 Å². The second-order valence-corrected chi connectivity index (χ2v) is 6.41. The number of nitrogens with one attached hydrogen (secondary N) is 2. The molecule has 2 heterocycles. The minimum Gasteiger partial charge on any atom is -0.507 e. The molecule has 0 amide bonds. The summed E-state index contributed by atoms with van der Waals surface area (Å²) in [6, 6.07) is 2.57. The van der Waals surface area contributed by atoms with Crippen molar-refractivity contribution in [1.82, 2.24) is 25.0 Å². The first kappa shape index (κ1) is 20.4. The van der Waals surface area contributed by atoms with Crippen LogP contribution in [-0.4, -0.2) is 60.0 Å². The number of anilines is 2. The Bertz CT molecular complexity index is 988. The Hall–Kier alpha value is -3.34. The normalized spacial score (nSPS) is 12.1. The highest BCUT2D eigenvalue weighted by Gasteiger charge is 2.17. The average Bonchev–Trinajstić information content (AvgIpc) is 3.15. The van der Waals surface area contributed by atoms with E-state index < -0.39 is 0 Å². The number of rotatable bonds is 9. The summed E-state index contributed by atoms with van der Waals surface area (Å²) in [5.41, 5.74) is 1.48. The Morgan fingerprint density at radius 1 is 1.17 bits per heavy atom. The molecule has 0 aliphatic rings. The fraction of sp³-hybridized carbons (Fsp3) is 0.444. The molecule has 0 saturated heterocycles. The Morgan fingerprint density at radius 2 is 1.97 bits per heavy atom. The van der Waals surface area contributed by atoms with E-state index in [4.69, 9.17) is 4.74 Å². The third-order valence-corrected chi connectivity index (χ3v) is 4.54. The van der Waals surface area contributed by atoms with Crippen molar-refractivity contribution in [2.45, 2.75) is 39.4 Å². The number of aliphatic hydroxyl groups is 1. The van der Waals surface area contributed by atoms with E-state index in [0.29, 0.717) is 41.5 Å². The zero-order valence-electron chi connectivity index (χ0n) is 16.5. The Kier molecular flexibility index (Phi) is 6.17. The molecule has 156 valence electrons. The Balaban J connectivity index is 1.93. The zero-order chi connectivity index (χ0) is 21.0. The van der Waals surface area contributed by atoms with Gasteiger partial charge in [0.05, 0.1) is 19.8 Å². The smallest absolute Gasteiger partial charge is 0.227 e. The number of aromatic nitrogens is 5. The van der Waals surface area contributed by atoms with Gasteiger partial charge in [-0.2, -0.15) is 9.97 Å². The number of ether oxygens (including phenoxy) is 1. The third kappa shape index (κ3) is 4.24. The first-order valence-electron chi connectivity index (χ1n) is 9.31. The minimum absolute atomic E-state index is 0.0284. The fourth-order valence-corrected chi connectivity index (χ4v) is 2.80. The van der Waals surface area contributed by atoms with Gasteiger partial charge in [-0.05, 0) is 19.4 Å². The van der Waals surface area contributed by atoms with Gasteiger partial charge in [-0.25, -0.2) is 4.68 Å². The van der Waals surface area contributed by atoms with Crippen molar-refractivity contribution in [2.24, 2.45) is 0 Å². The van der Waals surface area contributed by atoms with E-state index in [1.165, 1.54) is 19.2 Å². The molecule has 11 nitrogen and oxygen atoms in total. The van der Waals surface area contributed by atoms with Crippen LogP contribution in [-0.2, 0) is 13.1 Å². The van der Waals surface area contributed by atoms with Crippen molar-refractivity contribution in [1.29, 1.82) is 0 Å². The molecule has 1 atom stereocenters. The van der Waals surface area contributed by atoms with Gasteiger partial charge in [0.2, 0.25) is 5.95 Å². The van der Waals surface area contributed by atoms with Gasteiger partial charge in [-0.1, -0.05) is 12.1 Å². The first-order chi connectivity index (χ1) is 14.0. The summed E-state index contributed by atoms with van der Waals surface area (Å²) in [5, 5.41) is 44.1. The predicted molar refractivity (Wildman–Crippen MR) is 107 cm³/mol. The van der Waals surface area contributed by atoms with Crippen molar-refractivity contribution in [2.75, 3.05) is 24.4 Å². The molecule has 0 radical (unpaired) electrons. The van der Waals surface area contributed by atoms with Crippen molar-refractivity contribution < 1.29 is 20.1 Å². The maximum Gasteiger partial charge on any atom is 0.227 e. The highest BCUT2D eigenvalue weighted by molar-refractivity contribution is 5.83. The van der Waals surface area contributed by atoms with Crippen LogP contribution < -0.4 is 15.4 Å². The van der Waals surface area contributed by atoms with Crippen molar-refractivity contribution in [3.05, 3.63) is 17.7 Å². The van der Waals surface area contributed by atoms with E-state index in [1.54, 1.807) is 4.68 Å². The van der Waals surface area contributed by atoms with E-state index in [1.807, 2.05) is 13.8 Å². The van der Waals surface area contributed by atoms with Crippen LogP contribution >= 0.6 is 0 Å². The average molecular weight is 403 g/mol. The number of aromatic hydroxyl groups is 2. The van der Waals surface area contributed by atoms with Crippen molar-refractivity contribution >= 4 is 22.9 Å². The topological polar surface area (TPSA) is 150 Å². The Morgan fingerprint density at radius 3 is 2.62 bits per heavy atom. The highest BCUT2D eigenvalue weighted by Crippen LogP contribution is 2.33. The molecule has 0 bridgehead atoms. The van der Waals surface area contributed by atoms with Gasteiger partial charge in [-0.15, -0.1) is 5.10 Å². The van der Waals surface area contributed by atoms with Crippen molar-refractivity contribution in [3.63, 3.8) is 0 Å². The number of fused-ring (bicyclic) bond motifs is 1. The fourth-order valence-electron chi connectivity index (χ4n) is 2.80. The molecular weight excluding hydrogens is 378 g/mol. The second-order valence-electron chi connectivity index (χ2n) is 6.41. The SMILES string of the molecule is CCC(CO)Nc1nc(NCc2cc(O)c(OC)cc2O)c2nnn(CC)c2n1. The summed E-state index contributed by atoms with van der Waals surface area (Å²) in [6.07, 6.45) is 0.699. The molecule has 11 heteroatoms. The van der Waals surface area contributed by atoms with Crippen LogP contribution in [0.15, 0.2) is 12.1 Å². The van der Waals surface area contributed by atoms with Crippen LogP contribution in [0.2, 0.25) is 0 Å². The lowest BCUT2D eigenvalue weighted by Crippen LogP contribution is -2.24. The van der Waals surface area contributed by atoms with Crippen LogP contribution in [0, 0.1) is 0 Å². The lowest BCUT2D eigenvalue weighted by Gasteiger charge is -2.15. The molecule has 1 unspecified atom stereocenters. The minimum atomic E-state index is -0.186. The number of nitrogens with zero attached hydrogens (tertiary/aromatic N) is 5. The van der Waals surface area contributed by atoms with Gasteiger partial charge in [-0.3, -0.25) is 0 Å². The molecule has 0 spiro atoms. The van der Waals surface area contributed by atoms with Crippen LogP contribution in [0.25, 0.3) is 11.2 Å². The second kappa shape index (κ2) is 8.78. The molecule has 0 fully saturated rings. The summed E-state index contributed by atoms with van der Waals surface area (Å²) < 4.78 is 6.63. The van der Waals surface area contributed by atoms with Gasteiger partial charge in [0.25, 0.3) is 0 Å². The molecule has 29 heavy (non-hydrogen) atoms.